The molecule has 3 aromatic rings. The zero-order valence-corrected chi connectivity index (χ0v) is 11.6. The minimum atomic E-state index is -0.345. The third kappa shape index (κ3) is 1.78. The number of hydrogen-bond donors (Lipinski definition) is 1. The van der Waals surface area contributed by atoms with E-state index in [0.29, 0.717) is 5.69 Å². The van der Waals surface area contributed by atoms with E-state index in [1.165, 1.54) is 6.07 Å². The Bertz CT molecular complexity index is 903. The van der Waals surface area contributed by atoms with Gasteiger partial charge in [0.15, 0.2) is 0 Å². The SMILES string of the molecule is O=[N+]([O-])c1cccc2c1Nc1ccccc1-c1ccccc1-2. The van der Waals surface area contributed by atoms with Crippen molar-refractivity contribution in [3.05, 3.63) is 76.8 Å². The van der Waals surface area contributed by atoms with Crippen LogP contribution in [0.1, 0.15) is 0 Å². The molecular formula is C18H12N2O2. The monoisotopic (exact) mass is 288 g/mol. The summed E-state index contributed by atoms with van der Waals surface area (Å²) < 4.78 is 0. The van der Waals surface area contributed by atoms with Gasteiger partial charge < -0.3 is 5.32 Å². The van der Waals surface area contributed by atoms with Gasteiger partial charge in [-0.2, -0.15) is 0 Å². The van der Waals surface area contributed by atoms with E-state index >= 15 is 0 Å². The summed E-state index contributed by atoms with van der Waals surface area (Å²) in [6.07, 6.45) is 0. The second kappa shape index (κ2) is 4.70. The Morgan fingerprint density at radius 3 is 2.05 bits per heavy atom. The molecule has 0 saturated carbocycles. The van der Waals surface area contributed by atoms with Gasteiger partial charge in [-0.15, -0.1) is 0 Å². The average molecular weight is 288 g/mol. The molecule has 0 fully saturated rings. The molecular weight excluding hydrogens is 276 g/mol. The van der Waals surface area contributed by atoms with Gasteiger partial charge in [-0.25, -0.2) is 0 Å². The summed E-state index contributed by atoms with van der Waals surface area (Å²) in [5, 5.41) is 14.6. The quantitative estimate of drug-likeness (QED) is 0.396. The number of fused-ring (bicyclic) bond motifs is 5. The number of anilines is 2. The standard InChI is InChI=1S/C18H12N2O2/c21-20(22)17-11-5-9-15-13-7-2-1-6-12(13)14-8-3-4-10-16(14)19-18(15)17/h1-11,19H. The van der Waals surface area contributed by atoms with Crippen molar-refractivity contribution in [3.63, 3.8) is 0 Å². The van der Waals surface area contributed by atoms with Crippen molar-refractivity contribution in [1.29, 1.82) is 0 Å². The molecule has 1 N–H and O–H groups in total. The second-order valence-electron chi connectivity index (χ2n) is 5.17. The molecule has 3 aromatic carbocycles. The summed E-state index contributed by atoms with van der Waals surface area (Å²) in [5.74, 6) is 0. The minimum Gasteiger partial charge on any atom is -0.349 e. The molecule has 4 rings (SSSR count). The normalized spacial score (nSPS) is 11.5. The fourth-order valence-corrected chi connectivity index (χ4v) is 2.96. The first-order valence-corrected chi connectivity index (χ1v) is 6.99. The van der Waals surface area contributed by atoms with Gasteiger partial charge in [-0.1, -0.05) is 54.6 Å². The van der Waals surface area contributed by atoms with Crippen LogP contribution in [0.25, 0.3) is 22.3 Å². The van der Waals surface area contributed by atoms with E-state index in [1.807, 2.05) is 54.6 Å². The van der Waals surface area contributed by atoms with Crippen molar-refractivity contribution in [3.8, 4) is 22.3 Å². The lowest BCUT2D eigenvalue weighted by Gasteiger charge is -2.09. The number of nitro benzene ring substituents is 1. The molecule has 0 bridgehead atoms. The molecule has 0 amide bonds. The highest BCUT2D eigenvalue weighted by Crippen LogP contribution is 2.46. The van der Waals surface area contributed by atoms with Crippen LogP contribution >= 0.6 is 0 Å². The Labute approximate surface area is 127 Å². The predicted octanol–water partition coefficient (Wildman–Crippen LogP) is 4.99. The molecule has 0 radical (unpaired) electrons. The van der Waals surface area contributed by atoms with E-state index in [4.69, 9.17) is 0 Å². The number of nitrogens with zero attached hydrogens (tertiary/aromatic N) is 1. The fraction of sp³-hybridized carbons (Fsp3) is 0. The average Bonchev–Trinajstić information content (AvgIpc) is 2.69. The van der Waals surface area contributed by atoms with Crippen LogP contribution in [0.15, 0.2) is 66.7 Å². The number of rotatable bonds is 1. The van der Waals surface area contributed by atoms with E-state index < -0.39 is 0 Å². The van der Waals surface area contributed by atoms with Crippen LogP contribution in [0.5, 0.6) is 0 Å². The zero-order valence-electron chi connectivity index (χ0n) is 11.6. The van der Waals surface area contributed by atoms with E-state index in [9.17, 15) is 10.1 Å². The van der Waals surface area contributed by atoms with E-state index in [-0.39, 0.29) is 10.6 Å². The molecule has 22 heavy (non-hydrogen) atoms. The molecule has 0 saturated heterocycles. The Balaban J connectivity index is 2.13. The number of nitro groups is 1. The van der Waals surface area contributed by atoms with Crippen molar-refractivity contribution >= 4 is 17.1 Å². The molecule has 4 heteroatoms. The molecule has 106 valence electrons. The van der Waals surface area contributed by atoms with Crippen LogP contribution in [0.3, 0.4) is 0 Å². The summed E-state index contributed by atoms with van der Waals surface area (Å²) in [6, 6.07) is 21.0. The maximum absolute atomic E-state index is 11.4. The van der Waals surface area contributed by atoms with Crippen molar-refractivity contribution in [1.82, 2.24) is 0 Å². The van der Waals surface area contributed by atoms with Gasteiger partial charge in [0.2, 0.25) is 0 Å². The van der Waals surface area contributed by atoms with Gasteiger partial charge in [0.1, 0.15) is 5.69 Å². The smallest absolute Gasteiger partial charge is 0.293 e. The topological polar surface area (TPSA) is 55.2 Å². The highest BCUT2D eigenvalue weighted by atomic mass is 16.6. The molecule has 4 nitrogen and oxygen atoms in total. The van der Waals surface area contributed by atoms with Gasteiger partial charge in [0.25, 0.3) is 5.69 Å². The molecule has 1 heterocycles. The van der Waals surface area contributed by atoms with Gasteiger partial charge in [0.05, 0.1) is 4.92 Å². The summed E-state index contributed by atoms with van der Waals surface area (Å²) in [6.45, 7) is 0. The molecule has 1 aliphatic heterocycles. The van der Waals surface area contributed by atoms with Crippen molar-refractivity contribution < 1.29 is 4.92 Å². The minimum absolute atomic E-state index is 0.0870. The number of benzene rings is 3. The molecule has 1 aliphatic rings. The van der Waals surface area contributed by atoms with Crippen LogP contribution in [-0.2, 0) is 0 Å². The molecule has 0 atom stereocenters. The first kappa shape index (κ1) is 12.6. The highest BCUT2D eigenvalue weighted by Gasteiger charge is 2.24. The maximum Gasteiger partial charge on any atom is 0.293 e. The molecule has 0 aromatic heterocycles. The lowest BCUT2D eigenvalue weighted by Crippen LogP contribution is -1.98. The van der Waals surface area contributed by atoms with Crippen molar-refractivity contribution in [2.45, 2.75) is 0 Å². The van der Waals surface area contributed by atoms with Crippen LogP contribution in [0, 0.1) is 10.1 Å². The largest absolute Gasteiger partial charge is 0.349 e. The van der Waals surface area contributed by atoms with Gasteiger partial charge in [-0.05, 0) is 17.2 Å². The van der Waals surface area contributed by atoms with Crippen LogP contribution < -0.4 is 5.32 Å². The van der Waals surface area contributed by atoms with Crippen molar-refractivity contribution in [2.75, 3.05) is 5.32 Å². The zero-order chi connectivity index (χ0) is 15.1. The van der Waals surface area contributed by atoms with Crippen LogP contribution in [0.2, 0.25) is 0 Å². The first-order valence-electron chi connectivity index (χ1n) is 6.99. The van der Waals surface area contributed by atoms with E-state index in [1.54, 1.807) is 6.07 Å². The molecule has 0 spiro atoms. The van der Waals surface area contributed by atoms with Crippen LogP contribution in [0.4, 0.5) is 17.1 Å². The number of para-hydroxylation sites is 2. The molecule has 0 aliphatic carbocycles. The fourth-order valence-electron chi connectivity index (χ4n) is 2.96. The summed E-state index contributed by atoms with van der Waals surface area (Å²) >= 11 is 0. The second-order valence-corrected chi connectivity index (χ2v) is 5.17. The van der Waals surface area contributed by atoms with Gasteiger partial charge in [-0.3, -0.25) is 10.1 Å². The Hall–Kier alpha value is -3.14. The van der Waals surface area contributed by atoms with Crippen LogP contribution in [-0.4, -0.2) is 4.92 Å². The lowest BCUT2D eigenvalue weighted by atomic mass is 9.94. The Morgan fingerprint density at radius 2 is 1.32 bits per heavy atom. The maximum atomic E-state index is 11.4. The van der Waals surface area contributed by atoms with E-state index in [2.05, 4.69) is 5.32 Å². The summed E-state index contributed by atoms with van der Waals surface area (Å²) in [7, 11) is 0. The van der Waals surface area contributed by atoms with Crippen molar-refractivity contribution in [2.24, 2.45) is 0 Å². The highest BCUT2D eigenvalue weighted by molar-refractivity contribution is 6.00. The number of nitrogens with one attached hydrogen (secondary N) is 1. The van der Waals surface area contributed by atoms with Gasteiger partial charge >= 0.3 is 0 Å². The van der Waals surface area contributed by atoms with E-state index in [0.717, 1.165) is 27.9 Å². The lowest BCUT2D eigenvalue weighted by molar-refractivity contribution is -0.383. The molecule has 0 unspecified atom stereocenters. The third-order valence-electron chi connectivity index (χ3n) is 3.93. The summed E-state index contributed by atoms with van der Waals surface area (Å²) in [4.78, 5) is 11.0. The summed E-state index contributed by atoms with van der Waals surface area (Å²) in [5.41, 5.74) is 5.48. The van der Waals surface area contributed by atoms with Gasteiger partial charge in [0, 0.05) is 22.9 Å². The Morgan fingerprint density at radius 1 is 0.727 bits per heavy atom. The number of hydrogen-bond acceptors (Lipinski definition) is 3. The predicted molar refractivity (Wildman–Crippen MR) is 87.3 cm³/mol. The first-order chi connectivity index (χ1) is 10.8. The third-order valence-corrected chi connectivity index (χ3v) is 3.93. The Kier molecular flexibility index (Phi) is 2.69.